The fraction of sp³-hybridized carbons (Fsp3) is 0.500. The lowest BCUT2D eigenvalue weighted by atomic mass is 10.4. The monoisotopic (exact) mass is 125 g/mol. The Morgan fingerprint density at radius 2 is 2.44 bits per heavy atom. The molecule has 0 saturated heterocycles. The summed E-state index contributed by atoms with van der Waals surface area (Å²) in [5.41, 5.74) is 4.63. The Bertz CT molecular complexity index is 160. The highest BCUT2D eigenvalue weighted by Gasteiger charge is 2.04. The molecule has 0 aromatic rings. The van der Waals surface area contributed by atoms with Gasteiger partial charge in [0, 0.05) is 6.08 Å². The van der Waals surface area contributed by atoms with Crippen molar-refractivity contribution in [2.75, 3.05) is 6.61 Å². The van der Waals surface area contributed by atoms with Crippen LogP contribution in [0.4, 0.5) is 0 Å². The second-order valence-electron chi connectivity index (χ2n) is 1.76. The number of rotatable bonds is 2. The second kappa shape index (κ2) is 2.53. The maximum atomic E-state index is 5.05. The van der Waals surface area contributed by atoms with Gasteiger partial charge in [0.15, 0.2) is 0 Å². The molecule has 49 valence electrons. The average Bonchev–Trinajstić information content (AvgIpc) is 2.17. The van der Waals surface area contributed by atoms with Crippen LogP contribution >= 0.6 is 0 Å². The fourth-order valence-electron chi connectivity index (χ4n) is 0.583. The Balaban J connectivity index is 2.41. The average molecular weight is 125 g/mol. The van der Waals surface area contributed by atoms with E-state index in [1.807, 2.05) is 19.9 Å². The minimum atomic E-state index is 0.620. The van der Waals surface area contributed by atoms with Crippen LogP contribution < -0.4 is 5.43 Å². The summed E-state index contributed by atoms with van der Waals surface area (Å²) in [6.07, 6.45) is 1.81. The first-order valence-corrected chi connectivity index (χ1v) is 2.92. The standard InChI is InChI=1S/C6H9N2O/c1-3-9-6-4-5(2)7-8-6/h4H,3H2,1-2H3. The van der Waals surface area contributed by atoms with E-state index >= 15 is 0 Å². The maximum absolute atomic E-state index is 5.05. The third kappa shape index (κ3) is 1.45. The van der Waals surface area contributed by atoms with Crippen LogP contribution in [0.15, 0.2) is 17.1 Å². The van der Waals surface area contributed by atoms with E-state index < -0.39 is 0 Å². The van der Waals surface area contributed by atoms with Gasteiger partial charge >= 0.3 is 0 Å². The van der Waals surface area contributed by atoms with Gasteiger partial charge in [-0.1, -0.05) is 0 Å². The summed E-state index contributed by atoms with van der Waals surface area (Å²) in [4.78, 5) is 0. The van der Waals surface area contributed by atoms with Gasteiger partial charge in [-0.25, -0.2) is 0 Å². The summed E-state index contributed by atoms with van der Waals surface area (Å²) < 4.78 is 5.05. The zero-order valence-corrected chi connectivity index (χ0v) is 5.59. The van der Waals surface area contributed by atoms with Crippen LogP contribution in [0.3, 0.4) is 0 Å². The van der Waals surface area contributed by atoms with Crippen molar-refractivity contribution in [3.8, 4) is 0 Å². The van der Waals surface area contributed by atoms with Crippen LogP contribution in [-0.2, 0) is 4.74 Å². The van der Waals surface area contributed by atoms with Crippen molar-refractivity contribution in [2.24, 2.45) is 5.10 Å². The van der Waals surface area contributed by atoms with E-state index in [2.05, 4.69) is 10.5 Å². The lowest BCUT2D eigenvalue weighted by Gasteiger charge is -1.97. The lowest BCUT2D eigenvalue weighted by Crippen LogP contribution is -1.96. The maximum Gasteiger partial charge on any atom is 0.235 e. The molecule has 1 radical (unpaired) electrons. The van der Waals surface area contributed by atoms with Gasteiger partial charge in [-0.2, -0.15) is 5.10 Å². The van der Waals surface area contributed by atoms with Crippen LogP contribution in [-0.4, -0.2) is 12.3 Å². The van der Waals surface area contributed by atoms with Crippen LogP contribution in [0, 0.1) is 0 Å². The minimum Gasteiger partial charge on any atom is -0.477 e. The molecule has 0 bridgehead atoms. The van der Waals surface area contributed by atoms with E-state index in [1.54, 1.807) is 0 Å². The number of ether oxygens (including phenoxy) is 1. The first-order chi connectivity index (χ1) is 4.33. The van der Waals surface area contributed by atoms with Crippen molar-refractivity contribution in [1.82, 2.24) is 5.43 Å². The Kier molecular flexibility index (Phi) is 1.72. The third-order valence-corrected chi connectivity index (χ3v) is 0.931. The zero-order chi connectivity index (χ0) is 6.69. The lowest BCUT2D eigenvalue weighted by molar-refractivity contribution is 0.208. The SMILES string of the molecule is CCOC1=CC(C)=N[N]1. The quantitative estimate of drug-likeness (QED) is 0.539. The zero-order valence-electron chi connectivity index (χ0n) is 5.59. The van der Waals surface area contributed by atoms with E-state index in [0.29, 0.717) is 12.5 Å². The molecule has 0 N–H and O–H groups in total. The number of allylic oxidation sites excluding steroid dienone is 1. The largest absolute Gasteiger partial charge is 0.477 e. The molecule has 1 aliphatic rings. The van der Waals surface area contributed by atoms with Crippen molar-refractivity contribution in [3.05, 3.63) is 12.0 Å². The van der Waals surface area contributed by atoms with Gasteiger partial charge in [0.05, 0.1) is 12.3 Å². The van der Waals surface area contributed by atoms with Gasteiger partial charge in [0.25, 0.3) is 0 Å². The predicted octanol–water partition coefficient (Wildman–Crippen LogP) is 0.858. The van der Waals surface area contributed by atoms with Crippen molar-refractivity contribution in [1.29, 1.82) is 0 Å². The molecule has 0 unspecified atom stereocenters. The summed E-state index contributed by atoms with van der Waals surface area (Å²) in [6.45, 7) is 4.46. The Hall–Kier alpha value is -0.990. The molecule has 0 aliphatic carbocycles. The Morgan fingerprint density at radius 3 is 2.89 bits per heavy atom. The van der Waals surface area contributed by atoms with Gasteiger partial charge in [-0.3, -0.25) is 0 Å². The molecule has 0 aromatic carbocycles. The minimum absolute atomic E-state index is 0.620. The van der Waals surface area contributed by atoms with Gasteiger partial charge in [-0.15, -0.1) is 5.43 Å². The van der Waals surface area contributed by atoms with E-state index in [-0.39, 0.29) is 0 Å². The van der Waals surface area contributed by atoms with Gasteiger partial charge in [-0.05, 0) is 13.8 Å². The first kappa shape index (κ1) is 6.13. The molecule has 1 heterocycles. The van der Waals surface area contributed by atoms with Crippen molar-refractivity contribution >= 4 is 5.71 Å². The normalized spacial score (nSPS) is 16.2. The molecular weight excluding hydrogens is 116 g/mol. The molecule has 9 heavy (non-hydrogen) atoms. The molecule has 1 rings (SSSR count). The highest BCUT2D eigenvalue weighted by molar-refractivity contribution is 5.94. The molecule has 0 fully saturated rings. The predicted molar refractivity (Wildman–Crippen MR) is 35.0 cm³/mol. The molecular formula is C6H9N2O. The van der Waals surface area contributed by atoms with Crippen LogP contribution in [0.25, 0.3) is 0 Å². The molecule has 0 atom stereocenters. The smallest absolute Gasteiger partial charge is 0.235 e. The molecule has 0 spiro atoms. The summed E-state index contributed by atoms with van der Waals surface area (Å²) in [5, 5.41) is 3.76. The third-order valence-electron chi connectivity index (χ3n) is 0.931. The Labute approximate surface area is 54.4 Å². The van der Waals surface area contributed by atoms with Crippen molar-refractivity contribution in [3.63, 3.8) is 0 Å². The molecule has 0 saturated carbocycles. The van der Waals surface area contributed by atoms with Gasteiger partial charge in [0.2, 0.25) is 5.88 Å². The molecule has 0 aromatic heterocycles. The molecule has 3 heteroatoms. The highest BCUT2D eigenvalue weighted by atomic mass is 16.5. The summed E-state index contributed by atoms with van der Waals surface area (Å²) in [5.74, 6) is 0.620. The van der Waals surface area contributed by atoms with Crippen molar-refractivity contribution < 1.29 is 4.74 Å². The van der Waals surface area contributed by atoms with E-state index in [1.165, 1.54) is 0 Å². The van der Waals surface area contributed by atoms with Gasteiger partial charge < -0.3 is 4.74 Å². The van der Waals surface area contributed by atoms with E-state index in [9.17, 15) is 0 Å². The van der Waals surface area contributed by atoms with E-state index in [4.69, 9.17) is 4.74 Å². The topological polar surface area (TPSA) is 35.7 Å². The summed E-state index contributed by atoms with van der Waals surface area (Å²) in [6, 6.07) is 0. The molecule has 1 aliphatic heterocycles. The molecule has 3 nitrogen and oxygen atoms in total. The summed E-state index contributed by atoms with van der Waals surface area (Å²) in [7, 11) is 0. The number of hydrogen-bond donors (Lipinski definition) is 0. The van der Waals surface area contributed by atoms with Gasteiger partial charge in [0.1, 0.15) is 0 Å². The van der Waals surface area contributed by atoms with Crippen LogP contribution in [0.1, 0.15) is 13.8 Å². The fourth-order valence-corrected chi connectivity index (χ4v) is 0.583. The van der Waals surface area contributed by atoms with Crippen LogP contribution in [0.5, 0.6) is 0 Å². The highest BCUT2D eigenvalue weighted by Crippen LogP contribution is 2.01. The van der Waals surface area contributed by atoms with Crippen molar-refractivity contribution in [2.45, 2.75) is 13.8 Å². The molecule has 0 amide bonds. The Morgan fingerprint density at radius 1 is 1.67 bits per heavy atom. The van der Waals surface area contributed by atoms with E-state index in [0.717, 1.165) is 5.71 Å². The number of nitrogens with zero attached hydrogens (tertiary/aromatic N) is 2. The first-order valence-electron chi connectivity index (χ1n) is 2.92. The number of hydrogen-bond acceptors (Lipinski definition) is 2. The second-order valence-corrected chi connectivity index (χ2v) is 1.76. The van der Waals surface area contributed by atoms with Crippen LogP contribution in [0.2, 0.25) is 0 Å². The summed E-state index contributed by atoms with van der Waals surface area (Å²) >= 11 is 0.